The van der Waals surface area contributed by atoms with Crippen molar-refractivity contribution >= 4 is 33.8 Å². The number of para-hydroxylation sites is 1. The molecule has 118 valence electrons. The van der Waals surface area contributed by atoms with Gasteiger partial charge in [-0.15, -0.1) is 0 Å². The van der Waals surface area contributed by atoms with Crippen LogP contribution in [0.3, 0.4) is 0 Å². The molecule has 0 spiro atoms. The summed E-state index contributed by atoms with van der Waals surface area (Å²) in [7, 11) is 0. The number of esters is 1. The fraction of sp³-hybridized carbons (Fsp3) is 0. The van der Waals surface area contributed by atoms with Crippen LogP contribution >= 0.6 is 15.9 Å². The minimum atomic E-state index is -0.481. The molecule has 24 heavy (non-hydrogen) atoms. The monoisotopic (exact) mass is 380 g/mol. The molecule has 5 heteroatoms. The molecule has 0 N–H and O–H groups in total. The average Bonchev–Trinajstić information content (AvgIpc) is 2.63. The van der Waals surface area contributed by atoms with Gasteiger partial charge in [-0.2, -0.15) is 0 Å². The minimum absolute atomic E-state index is 0.275. The van der Waals surface area contributed by atoms with Crippen LogP contribution in [0.25, 0.3) is 0 Å². The zero-order valence-corrected chi connectivity index (χ0v) is 14.2. The van der Waals surface area contributed by atoms with Gasteiger partial charge in [-0.3, -0.25) is 4.99 Å². The van der Waals surface area contributed by atoms with Gasteiger partial charge in [-0.05, 0) is 70.0 Å². The molecule has 0 bridgehead atoms. The number of benzene rings is 2. The average molecular weight is 381 g/mol. The Hall–Kier alpha value is -2.79. The van der Waals surface area contributed by atoms with Gasteiger partial charge in [0.05, 0.1) is 5.69 Å². The van der Waals surface area contributed by atoms with Gasteiger partial charge in [0.2, 0.25) is 0 Å². The van der Waals surface area contributed by atoms with Gasteiger partial charge in [-0.1, -0.05) is 18.2 Å². The predicted octanol–water partition coefficient (Wildman–Crippen LogP) is 4.81. The molecular formula is C19H13BrN2O2. The molecule has 3 rings (SSSR count). The standard InChI is InChI=1S/C19H13BrN2O2/c20-16-5-1-2-6-17(16)22-13-14-8-10-15(11-9-14)24-19(23)18-7-3-4-12-21-18/h1-13H. The largest absolute Gasteiger partial charge is 0.422 e. The van der Waals surface area contributed by atoms with Crippen molar-refractivity contribution in [3.05, 3.63) is 88.7 Å². The molecule has 0 aliphatic heterocycles. The fourth-order valence-corrected chi connectivity index (χ4v) is 2.35. The number of aromatic nitrogens is 1. The number of carbonyl (C=O) groups excluding carboxylic acids is 1. The summed E-state index contributed by atoms with van der Waals surface area (Å²) in [6.07, 6.45) is 3.31. The van der Waals surface area contributed by atoms with Crippen LogP contribution in [0, 0.1) is 0 Å². The Morgan fingerprint density at radius 3 is 2.46 bits per heavy atom. The summed E-state index contributed by atoms with van der Waals surface area (Å²) in [5.74, 6) is -0.0195. The summed E-state index contributed by atoms with van der Waals surface area (Å²) in [6, 6.07) is 19.9. The number of pyridine rings is 1. The lowest BCUT2D eigenvalue weighted by Gasteiger charge is -2.03. The molecule has 0 amide bonds. The topological polar surface area (TPSA) is 51.5 Å². The van der Waals surface area contributed by atoms with E-state index < -0.39 is 5.97 Å². The van der Waals surface area contributed by atoms with Crippen molar-refractivity contribution in [2.24, 2.45) is 4.99 Å². The summed E-state index contributed by atoms with van der Waals surface area (Å²) in [6.45, 7) is 0. The van der Waals surface area contributed by atoms with Crippen LogP contribution in [0.4, 0.5) is 5.69 Å². The van der Waals surface area contributed by atoms with Crippen molar-refractivity contribution in [2.45, 2.75) is 0 Å². The smallest absolute Gasteiger partial charge is 0.362 e. The first-order valence-electron chi connectivity index (χ1n) is 7.24. The molecule has 1 heterocycles. The second-order valence-electron chi connectivity index (χ2n) is 4.88. The molecule has 0 atom stereocenters. The van der Waals surface area contributed by atoms with Crippen LogP contribution in [0.15, 0.2) is 82.4 Å². The van der Waals surface area contributed by atoms with Crippen molar-refractivity contribution in [2.75, 3.05) is 0 Å². The second kappa shape index (κ2) is 7.66. The fourth-order valence-electron chi connectivity index (χ4n) is 1.97. The Labute approximate surface area is 148 Å². The molecular weight excluding hydrogens is 368 g/mol. The Bertz CT molecular complexity index is 862. The Balaban J connectivity index is 1.67. The number of nitrogens with zero attached hydrogens (tertiary/aromatic N) is 2. The van der Waals surface area contributed by atoms with Gasteiger partial charge in [0.25, 0.3) is 0 Å². The number of carbonyl (C=O) groups is 1. The van der Waals surface area contributed by atoms with E-state index in [0.29, 0.717) is 5.75 Å². The van der Waals surface area contributed by atoms with Crippen molar-refractivity contribution in [3.63, 3.8) is 0 Å². The quantitative estimate of drug-likeness (QED) is 0.370. The van der Waals surface area contributed by atoms with Crippen LogP contribution in [0.5, 0.6) is 5.75 Å². The molecule has 1 aromatic heterocycles. The van der Waals surface area contributed by atoms with Crippen LogP contribution in [-0.2, 0) is 0 Å². The summed E-state index contributed by atoms with van der Waals surface area (Å²) in [4.78, 5) is 20.3. The molecule has 2 aromatic carbocycles. The molecule has 0 saturated carbocycles. The van der Waals surface area contributed by atoms with E-state index in [1.165, 1.54) is 0 Å². The van der Waals surface area contributed by atoms with E-state index in [0.717, 1.165) is 15.7 Å². The highest BCUT2D eigenvalue weighted by Crippen LogP contribution is 2.24. The van der Waals surface area contributed by atoms with Gasteiger partial charge in [0.15, 0.2) is 0 Å². The third kappa shape index (κ3) is 4.14. The highest BCUT2D eigenvalue weighted by Gasteiger charge is 2.08. The minimum Gasteiger partial charge on any atom is -0.422 e. The van der Waals surface area contributed by atoms with E-state index in [4.69, 9.17) is 4.74 Å². The Morgan fingerprint density at radius 1 is 1.00 bits per heavy atom. The van der Waals surface area contributed by atoms with Crippen LogP contribution in [0.2, 0.25) is 0 Å². The van der Waals surface area contributed by atoms with Gasteiger partial charge in [-0.25, -0.2) is 9.78 Å². The van der Waals surface area contributed by atoms with Crippen LogP contribution in [0.1, 0.15) is 16.1 Å². The van der Waals surface area contributed by atoms with E-state index in [-0.39, 0.29) is 5.69 Å². The van der Waals surface area contributed by atoms with E-state index in [1.807, 2.05) is 36.4 Å². The van der Waals surface area contributed by atoms with Gasteiger partial charge < -0.3 is 4.74 Å². The molecule has 0 fully saturated rings. The predicted molar refractivity (Wildman–Crippen MR) is 97.0 cm³/mol. The molecule has 0 radical (unpaired) electrons. The first-order valence-corrected chi connectivity index (χ1v) is 8.03. The zero-order chi connectivity index (χ0) is 16.8. The number of aliphatic imine (C=N–C) groups is 1. The SMILES string of the molecule is O=C(Oc1ccc(C=Nc2ccccc2Br)cc1)c1ccccn1. The van der Waals surface area contributed by atoms with Crippen LogP contribution in [-0.4, -0.2) is 17.2 Å². The maximum absolute atomic E-state index is 11.9. The van der Waals surface area contributed by atoms with E-state index >= 15 is 0 Å². The number of rotatable bonds is 4. The number of hydrogen-bond acceptors (Lipinski definition) is 4. The summed E-state index contributed by atoms with van der Waals surface area (Å²) < 4.78 is 6.22. The number of ether oxygens (including phenoxy) is 1. The first-order chi connectivity index (χ1) is 11.7. The molecule has 0 unspecified atom stereocenters. The maximum Gasteiger partial charge on any atom is 0.362 e. The van der Waals surface area contributed by atoms with Gasteiger partial charge in [0.1, 0.15) is 11.4 Å². The van der Waals surface area contributed by atoms with Crippen molar-refractivity contribution in [1.82, 2.24) is 4.98 Å². The number of halogens is 1. The lowest BCUT2D eigenvalue weighted by molar-refractivity contribution is 0.0728. The zero-order valence-electron chi connectivity index (χ0n) is 12.6. The molecule has 0 aliphatic carbocycles. The van der Waals surface area contributed by atoms with E-state index in [9.17, 15) is 4.79 Å². The second-order valence-corrected chi connectivity index (χ2v) is 5.74. The third-order valence-electron chi connectivity index (χ3n) is 3.17. The molecule has 0 aliphatic rings. The highest BCUT2D eigenvalue weighted by molar-refractivity contribution is 9.10. The van der Waals surface area contributed by atoms with Gasteiger partial charge in [0, 0.05) is 16.9 Å². The van der Waals surface area contributed by atoms with Crippen molar-refractivity contribution in [3.8, 4) is 5.75 Å². The Kier molecular flexibility index (Phi) is 5.13. The third-order valence-corrected chi connectivity index (χ3v) is 3.84. The van der Waals surface area contributed by atoms with Crippen molar-refractivity contribution < 1.29 is 9.53 Å². The Morgan fingerprint density at radius 2 is 1.75 bits per heavy atom. The summed E-state index contributed by atoms with van der Waals surface area (Å²) in [5, 5.41) is 0. The molecule has 4 nitrogen and oxygen atoms in total. The van der Waals surface area contributed by atoms with E-state index in [2.05, 4.69) is 25.9 Å². The molecule has 0 saturated heterocycles. The van der Waals surface area contributed by atoms with E-state index in [1.54, 1.807) is 42.7 Å². The summed E-state index contributed by atoms with van der Waals surface area (Å²) in [5.41, 5.74) is 2.03. The van der Waals surface area contributed by atoms with Gasteiger partial charge >= 0.3 is 5.97 Å². The maximum atomic E-state index is 11.9. The van der Waals surface area contributed by atoms with Crippen molar-refractivity contribution in [1.29, 1.82) is 0 Å². The molecule has 3 aromatic rings. The highest BCUT2D eigenvalue weighted by atomic mass is 79.9. The lowest BCUT2D eigenvalue weighted by Crippen LogP contribution is -2.10. The van der Waals surface area contributed by atoms with Crippen LogP contribution < -0.4 is 4.74 Å². The lowest BCUT2D eigenvalue weighted by atomic mass is 10.2. The number of hydrogen-bond donors (Lipinski definition) is 0. The normalized spacial score (nSPS) is 10.7. The first kappa shape index (κ1) is 16.1. The summed E-state index contributed by atoms with van der Waals surface area (Å²) >= 11 is 3.45.